The molecule has 4 nitrogen and oxygen atoms in total. The van der Waals surface area contributed by atoms with Gasteiger partial charge < -0.3 is 14.6 Å². The van der Waals surface area contributed by atoms with Gasteiger partial charge in [0, 0.05) is 11.5 Å². The Morgan fingerprint density at radius 2 is 1.93 bits per heavy atom. The maximum Gasteiger partial charge on any atom is 0.331 e. The number of hydrogen-bond acceptors (Lipinski definition) is 4. The van der Waals surface area contributed by atoms with Crippen molar-refractivity contribution in [3.63, 3.8) is 0 Å². The molecule has 9 atom stereocenters. The van der Waals surface area contributed by atoms with Crippen LogP contribution < -0.4 is 0 Å². The Morgan fingerprint density at radius 3 is 2.70 bits per heavy atom. The number of aliphatic hydroxyl groups excluding tert-OH is 1. The molecule has 0 unspecified atom stereocenters. The predicted octanol–water partition coefficient (Wildman–Crippen LogP) is 3.62. The molecule has 0 amide bonds. The molecule has 6 aliphatic rings. The van der Waals surface area contributed by atoms with Crippen LogP contribution in [0, 0.1) is 34.5 Å². The SMILES string of the molecule is C[C@]12CC[C@H](O)C[C@@H]1CC[C@@H]1[C@@H]2CC[C@]2(C)[C@@H](C3=CC(=O)OC3)C[C@H]3O[C@]132. The summed E-state index contributed by atoms with van der Waals surface area (Å²) in [6.45, 7) is 5.47. The molecule has 148 valence electrons. The van der Waals surface area contributed by atoms with E-state index in [0.717, 1.165) is 25.2 Å². The molecule has 1 N–H and O–H groups in total. The van der Waals surface area contributed by atoms with Gasteiger partial charge in [-0.15, -0.1) is 0 Å². The molecule has 1 saturated heterocycles. The van der Waals surface area contributed by atoms with Crippen LogP contribution in [0.3, 0.4) is 0 Å². The van der Waals surface area contributed by atoms with Gasteiger partial charge in [-0.1, -0.05) is 13.8 Å². The number of rotatable bonds is 1. The molecule has 0 aromatic rings. The van der Waals surface area contributed by atoms with E-state index in [1.165, 1.54) is 37.7 Å². The molecule has 0 aromatic carbocycles. The summed E-state index contributed by atoms with van der Waals surface area (Å²) >= 11 is 0. The molecular weight excluding hydrogens is 340 g/mol. The molecular formula is C23H32O4. The fourth-order valence-electron chi connectivity index (χ4n) is 8.82. The number of fused-ring (bicyclic) bond motifs is 3. The number of carbonyl (C=O) groups excluding carboxylic acids is 1. The first-order chi connectivity index (χ1) is 12.9. The smallest absolute Gasteiger partial charge is 0.331 e. The minimum Gasteiger partial charge on any atom is -0.458 e. The van der Waals surface area contributed by atoms with Gasteiger partial charge in [0.25, 0.3) is 0 Å². The quantitative estimate of drug-likeness (QED) is 0.564. The largest absolute Gasteiger partial charge is 0.458 e. The summed E-state index contributed by atoms with van der Waals surface area (Å²) in [7, 11) is 0. The van der Waals surface area contributed by atoms with Crippen LogP contribution in [0.15, 0.2) is 11.6 Å². The normalized spacial score (nSPS) is 58.5. The van der Waals surface area contributed by atoms with Crippen LogP contribution in [-0.2, 0) is 14.3 Å². The highest BCUT2D eigenvalue weighted by Crippen LogP contribution is 2.77. The summed E-state index contributed by atoms with van der Waals surface area (Å²) in [5, 5.41) is 10.2. The lowest BCUT2D eigenvalue weighted by Crippen LogP contribution is -2.58. The van der Waals surface area contributed by atoms with Crippen molar-refractivity contribution in [1.29, 1.82) is 0 Å². The Morgan fingerprint density at radius 1 is 1.07 bits per heavy atom. The maximum absolute atomic E-state index is 11.7. The molecule has 5 fully saturated rings. The summed E-state index contributed by atoms with van der Waals surface area (Å²) in [4.78, 5) is 11.7. The lowest BCUT2D eigenvalue weighted by atomic mass is 9.44. The van der Waals surface area contributed by atoms with Crippen LogP contribution >= 0.6 is 0 Å². The molecule has 0 bridgehead atoms. The Bertz CT molecular complexity index is 730. The molecule has 4 heteroatoms. The van der Waals surface area contributed by atoms with Crippen molar-refractivity contribution < 1.29 is 19.4 Å². The number of aliphatic hydroxyl groups is 1. The Labute approximate surface area is 161 Å². The standard InChI is InChI=1S/C23H32O4/c1-21-7-5-15(24)10-14(21)3-4-17-16(21)6-8-22(2)18(11-19-23(17,22)27-19)13-9-20(25)26-12-13/h9,14-19,24H,3-8,10-12H2,1-2H3/t14-,15-,16-,17+,18+,19+,21-,22+,23+/m0/s1. The van der Waals surface area contributed by atoms with Crippen LogP contribution in [0.1, 0.15) is 65.2 Å². The van der Waals surface area contributed by atoms with E-state index in [0.29, 0.717) is 35.9 Å². The summed E-state index contributed by atoms with van der Waals surface area (Å²) in [5.74, 6) is 2.35. The van der Waals surface area contributed by atoms with E-state index in [-0.39, 0.29) is 23.1 Å². The fraction of sp³-hybridized carbons (Fsp3) is 0.870. The third-order valence-corrected chi connectivity index (χ3v) is 10.2. The van der Waals surface area contributed by atoms with Gasteiger partial charge in [0.2, 0.25) is 0 Å². The van der Waals surface area contributed by atoms with Crippen LogP contribution in [-0.4, -0.2) is 35.5 Å². The number of hydrogen-bond donors (Lipinski definition) is 1. The van der Waals surface area contributed by atoms with Gasteiger partial charge in [0.15, 0.2) is 0 Å². The molecule has 2 heterocycles. The Hall–Kier alpha value is -0.870. The topological polar surface area (TPSA) is 59.1 Å². The van der Waals surface area contributed by atoms with Gasteiger partial charge in [-0.3, -0.25) is 0 Å². The zero-order chi connectivity index (χ0) is 18.6. The van der Waals surface area contributed by atoms with Crippen LogP contribution in [0.25, 0.3) is 0 Å². The summed E-state index contributed by atoms with van der Waals surface area (Å²) in [6, 6.07) is 0. The second kappa shape index (κ2) is 5.18. The number of ether oxygens (including phenoxy) is 2. The van der Waals surface area contributed by atoms with Crippen molar-refractivity contribution >= 4 is 5.97 Å². The fourth-order valence-corrected chi connectivity index (χ4v) is 8.82. The van der Waals surface area contributed by atoms with E-state index < -0.39 is 0 Å². The van der Waals surface area contributed by atoms with E-state index >= 15 is 0 Å². The van der Waals surface area contributed by atoms with Crippen molar-refractivity contribution in [2.45, 2.75) is 83.0 Å². The van der Waals surface area contributed by atoms with Gasteiger partial charge >= 0.3 is 5.97 Å². The van der Waals surface area contributed by atoms with Gasteiger partial charge in [0.05, 0.1) is 12.2 Å². The molecule has 1 spiro atoms. The summed E-state index contributed by atoms with van der Waals surface area (Å²) in [5.41, 5.74) is 1.78. The van der Waals surface area contributed by atoms with Gasteiger partial charge in [-0.05, 0) is 86.0 Å². The van der Waals surface area contributed by atoms with Crippen molar-refractivity contribution in [1.82, 2.24) is 0 Å². The monoisotopic (exact) mass is 372 g/mol. The van der Waals surface area contributed by atoms with E-state index in [4.69, 9.17) is 9.47 Å². The van der Waals surface area contributed by atoms with Crippen molar-refractivity contribution in [3.05, 3.63) is 11.6 Å². The van der Waals surface area contributed by atoms with Gasteiger partial charge in [-0.25, -0.2) is 4.79 Å². The van der Waals surface area contributed by atoms with E-state index in [9.17, 15) is 9.90 Å². The average molecular weight is 373 g/mol. The highest BCUT2D eigenvalue weighted by Gasteiger charge is 2.80. The number of esters is 1. The highest BCUT2D eigenvalue weighted by molar-refractivity contribution is 5.85. The molecule has 4 aliphatic carbocycles. The average Bonchev–Trinajstić information content (AvgIpc) is 3.09. The minimum atomic E-state index is -0.161. The Balaban J connectivity index is 1.34. The third-order valence-electron chi connectivity index (χ3n) is 10.2. The molecule has 4 saturated carbocycles. The lowest BCUT2D eigenvalue weighted by Gasteiger charge is -2.61. The van der Waals surface area contributed by atoms with Crippen molar-refractivity contribution in [2.24, 2.45) is 34.5 Å². The lowest BCUT2D eigenvalue weighted by molar-refractivity contribution is -0.143. The summed E-state index contributed by atoms with van der Waals surface area (Å²) in [6.07, 6.45) is 11.3. The van der Waals surface area contributed by atoms with E-state index in [2.05, 4.69) is 13.8 Å². The first-order valence-corrected chi connectivity index (χ1v) is 11.1. The van der Waals surface area contributed by atoms with Crippen LogP contribution in [0.4, 0.5) is 0 Å². The maximum atomic E-state index is 11.7. The van der Waals surface area contributed by atoms with Crippen molar-refractivity contribution in [3.8, 4) is 0 Å². The highest BCUT2D eigenvalue weighted by atomic mass is 16.6. The number of cyclic esters (lactones) is 1. The number of carbonyl (C=O) groups is 1. The minimum absolute atomic E-state index is 0.0388. The van der Waals surface area contributed by atoms with Gasteiger partial charge in [0.1, 0.15) is 12.2 Å². The molecule has 0 aromatic heterocycles. The summed E-state index contributed by atoms with van der Waals surface area (Å²) < 4.78 is 11.8. The molecule has 2 aliphatic heterocycles. The zero-order valence-electron chi connectivity index (χ0n) is 16.6. The first-order valence-electron chi connectivity index (χ1n) is 11.1. The van der Waals surface area contributed by atoms with Gasteiger partial charge in [-0.2, -0.15) is 0 Å². The first kappa shape index (κ1) is 17.0. The van der Waals surface area contributed by atoms with E-state index in [1.807, 2.05) is 0 Å². The molecule has 0 radical (unpaired) electrons. The van der Waals surface area contributed by atoms with E-state index in [1.54, 1.807) is 6.08 Å². The van der Waals surface area contributed by atoms with Crippen LogP contribution in [0.5, 0.6) is 0 Å². The van der Waals surface area contributed by atoms with Crippen LogP contribution in [0.2, 0.25) is 0 Å². The molecule has 6 rings (SSSR count). The Kier molecular flexibility index (Phi) is 3.27. The predicted molar refractivity (Wildman–Crippen MR) is 99.8 cm³/mol. The second-order valence-electron chi connectivity index (χ2n) is 10.9. The number of epoxide rings is 1. The molecule has 27 heavy (non-hydrogen) atoms. The third kappa shape index (κ3) is 1.95. The van der Waals surface area contributed by atoms with Crippen molar-refractivity contribution in [2.75, 3.05) is 6.61 Å². The zero-order valence-corrected chi connectivity index (χ0v) is 16.6. The second-order valence-corrected chi connectivity index (χ2v) is 10.9.